The van der Waals surface area contributed by atoms with Crippen molar-refractivity contribution in [2.75, 3.05) is 12.0 Å². The van der Waals surface area contributed by atoms with Crippen LogP contribution in [0.2, 0.25) is 0 Å². The fraction of sp³-hybridized carbons (Fsp3) is 0.214. The monoisotopic (exact) mass is 256 g/mol. The molecule has 98 valence electrons. The summed E-state index contributed by atoms with van der Waals surface area (Å²) < 4.78 is 5.45. The molecule has 0 aromatic carbocycles. The Labute approximate surface area is 112 Å². The Morgan fingerprint density at radius 3 is 3.21 bits per heavy atom. The van der Waals surface area contributed by atoms with Crippen molar-refractivity contribution in [2.24, 2.45) is 0 Å². The molecule has 0 amide bonds. The topological polar surface area (TPSA) is 58.2 Å². The molecule has 0 spiro atoms. The van der Waals surface area contributed by atoms with Crippen LogP contribution in [0.5, 0.6) is 0 Å². The lowest BCUT2D eigenvalue weighted by Gasteiger charge is -2.23. The lowest BCUT2D eigenvalue weighted by atomic mass is 10.2. The molecule has 2 aliphatic heterocycles. The molecule has 1 atom stereocenters. The highest BCUT2D eigenvalue weighted by atomic mass is 16.5. The zero-order valence-corrected chi connectivity index (χ0v) is 10.7. The number of hydrogen-bond donors (Lipinski definition) is 3. The molecule has 3 N–H and O–H groups in total. The minimum absolute atomic E-state index is 0.000556. The molecule has 0 bridgehead atoms. The Kier molecular flexibility index (Phi) is 3.10. The number of anilines is 1. The second kappa shape index (κ2) is 5.06. The first-order valence-electron chi connectivity index (χ1n) is 6.22. The highest BCUT2D eigenvalue weighted by Gasteiger charge is 2.16. The standard InChI is InChI=1S/C14H16N4O/c1-10-5-6-16-14(7-10)18-13-4-2-3-11(17-13)12-8-15-9-19-12/h2-8,13,15,17H,9H2,1H3,(H,16,18). The van der Waals surface area contributed by atoms with Crippen LogP contribution in [0, 0.1) is 6.92 Å². The highest BCUT2D eigenvalue weighted by molar-refractivity contribution is 5.42. The predicted octanol–water partition coefficient (Wildman–Crippen LogP) is 1.59. The van der Waals surface area contributed by atoms with Crippen LogP contribution in [0.15, 0.2) is 54.2 Å². The first-order chi connectivity index (χ1) is 9.31. The second-order valence-electron chi connectivity index (χ2n) is 4.45. The summed E-state index contributed by atoms with van der Waals surface area (Å²) in [5.74, 6) is 1.68. The minimum atomic E-state index is -0.000556. The zero-order valence-electron chi connectivity index (χ0n) is 10.7. The Hall–Kier alpha value is -2.43. The number of nitrogens with one attached hydrogen (secondary N) is 3. The van der Waals surface area contributed by atoms with Gasteiger partial charge in [-0.3, -0.25) is 0 Å². The molecule has 3 rings (SSSR count). The Morgan fingerprint density at radius 2 is 2.42 bits per heavy atom. The third kappa shape index (κ3) is 2.70. The molecule has 1 aromatic rings. The van der Waals surface area contributed by atoms with Gasteiger partial charge in [0.1, 0.15) is 12.0 Å². The van der Waals surface area contributed by atoms with E-state index in [1.807, 2.05) is 43.5 Å². The summed E-state index contributed by atoms with van der Waals surface area (Å²) in [4.78, 5) is 4.29. The first-order valence-corrected chi connectivity index (χ1v) is 6.22. The van der Waals surface area contributed by atoms with Crippen molar-refractivity contribution < 1.29 is 4.74 Å². The normalized spacial score (nSPS) is 20.8. The molecule has 5 nitrogen and oxygen atoms in total. The van der Waals surface area contributed by atoms with Crippen molar-refractivity contribution in [3.05, 3.63) is 59.8 Å². The maximum atomic E-state index is 5.45. The van der Waals surface area contributed by atoms with E-state index in [1.165, 1.54) is 5.56 Å². The lowest BCUT2D eigenvalue weighted by Crippen LogP contribution is -2.36. The van der Waals surface area contributed by atoms with Gasteiger partial charge >= 0.3 is 0 Å². The number of hydrogen-bond acceptors (Lipinski definition) is 5. The number of dihydropyridines is 1. The van der Waals surface area contributed by atoms with Crippen LogP contribution in [-0.4, -0.2) is 17.9 Å². The van der Waals surface area contributed by atoms with Crippen molar-refractivity contribution in [3.63, 3.8) is 0 Å². The van der Waals surface area contributed by atoms with Crippen molar-refractivity contribution >= 4 is 5.82 Å². The average molecular weight is 256 g/mol. The number of allylic oxidation sites excluding steroid dienone is 2. The molecule has 0 aliphatic carbocycles. The van der Waals surface area contributed by atoms with Gasteiger partial charge in [0.25, 0.3) is 0 Å². The van der Waals surface area contributed by atoms with Gasteiger partial charge in [-0.05, 0) is 36.8 Å². The summed E-state index contributed by atoms with van der Waals surface area (Å²) in [7, 11) is 0. The summed E-state index contributed by atoms with van der Waals surface area (Å²) in [6.07, 6.45) is 9.69. The van der Waals surface area contributed by atoms with Crippen LogP contribution < -0.4 is 16.0 Å². The number of aryl methyl sites for hydroxylation is 1. The molecule has 5 heteroatoms. The van der Waals surface area contributed by atoms with Gasteiger partial charge in [0.05, 0.1) is 5.70 Å². The van der Waals surface area contributed by atoms with E-state index in [1.54, 1.807) is 6.20 Å². The summed E-state index contributed by atoms with van der Waals surface area (Å²) in [5.41, 5.74) is 2.14. The van der Waals surface area contributed by atoms with Gasteiger partial charge in [-0.15, -0.1) is 0 Å². The molecular formula is C14H16N4O. The summed E-state index contributed by atoms with van der Waals surface area (Å²) in [5, 5.41) is 9.69. The zero-order chi connectivity index (χ0) is 13.1. The molecule has 0 saturated carbocycles. The molecule has 0 fully saturated rings. The summed E-state index contributed by atoms with van der Waals surface area (Å²) in [6.45, 7) is 2.57. The van der Waals surface area contributed by atoms with E-state index in [9.17, 15) is 0 Å². The lowest BCUT2D eigenvalue weighted by molar-refractivity contribution is 0.236. The third-order valence-electron chi connectivity index (χ3n) is 2.91. The van der Waals surface area contributed by atoms with Gasteiger partial charge in [0.2, 0.25) is 0 Å². The molecule has 2 aliphatic rings. The average Bonchev–Trinajstić information content (AvgIpc) is 2.93. The van der Waals surface area contributed by atoms with Crippen LogP contribution in [0.1, 0.15) is 5.56 Å². The molecule has 19 heavy (non-hydrogen) atoms. The van der Waals surface area contributed by atoms with E-state index in [4.69, 9.17) is 4.74 Å². The van der Waals surface area contributed by atoms with Crippen LogP contribution >= 0.6 is 0 Å². The van der Waals surface area contributed by atoms with Crippen LogP contribution in [0.4, 0.5) is 5.82 Å². The Balaban J connectivity index is 1.68. The van der Waals surface area contributed by atoms with Crippen molar-refractivity contribution in [3.8, 4) is 0 Å². The maximum Gasteiger partial charge on any atom is 0.160 e. The van der Waals surface area contributed by atoms with Crippen molar-refractivity contribution in [1.29, 1.82) is 0 Å². The van der Waals surface area contributed by atoms with E-state index in [0.717, 1.165) is 17.3 Å². The molecule has 1 unspecified atom stereocenters. The number of ether oxygens (including phenoxy) is 1. The Bertz CT molecular complexity index is 562. The van der Waals surface area contributed by atoms with Gasteiger partial charge in [0.15, 0.2) is 12.5 Å². The van der Waals surface area contributed by atoms with Crippen molar-refractivity contribution in [1.82, 2.24) is 15.6 Å². The van der Waals surface area contributed by atoms with Crippen LogP contribution in [0.3, 0.4) is 0 Å². The van der Waals surface area contributed by atoms with E-state index in [0.29, 0.717) is 6.73 Å². The third-order valence-corrected chi connectivity index (χ3v) is 2.91. The van der Waals surface area contributed by atoms with Gasteiger partial charge in [-0.2, -0.15) is 0 Å². The molecule has 0 saturated heterocycles. The first kappa shape index (κ1) is 11.6. The number of pyridine rings is 1. The molecule has 1 aromatic heterocycles. The van der Waals surface area contributed by atoms with Gasteiger partial charge in [-0.25, -0.2) is 4.98 Å². The van der Waals surface area contributed by atoms with Crippen LogP contribution in [-0.2, 0) is 4.74 Å². The molecule has 3 heterocycles. The molecule has 0 radical (unpaired) electrons. The largest absolute Gasteiger partial charge is 0.470 e. The van der Waals surface area contributed by atoms with Crippen molar-refractivity contribution in [2.45, 2.75) is 13.1 Å². The summed E-state index contributed by atoms with van der Waals surface area (Å²) >= 11 is 0. The van der Waals surface area contributed by atoms with E-state index in [2.05, 4.69) is 20.9 Å². The number of rotatable bonds is 3. The number of aromatic nitrogens is 1. The SMILES string of the molecule is Cc1ccnc(NC2C=CC=C(C3=CNCO3)N2)c1. The number of nitrogens with zero attached hydrogens (tertiary/aromatic N) is 1. The second-order valence-corrected chi connectivity index (χ2v) is 4.45. The predicted molar refractivity (Wildman–Crippen MR) is 73.9 cm³/mol. The van der Waals surface area contributed by atoms with E-state index >= 15 is 0 Å². The maximum absolute atomic E-state index is 5.45. The minimum Gasteiger partial charge on any atom is -0.470 e. The smallest absolute Gasteiger partial charge is 0.160 e. The highest BCUT2D eigenvalue weighted by Crippen LogP contribution is 2.16. The molecular weight excluding hydrogens is 240 g/mol. The van der Waals surface area contributed by atoms with Crippen LogP contribution in [0.25, 0.3) is 0 Å². The Morgan fingerprint density at radius 1 is 1.47 bits per heavy atom. The fourth-order valence-corrected chi connectivity index (χ4v) is 1.99. The van der Waals surface area contributed by atoms with Gasteiger partial charge in [0, 0.05) is 12.4 Å². The van der Waals surface area contributed by atoms with Gasteiger partial charge in [-0.1, -0.05) is 6.08 Å². The fourth-order valence-electron chi connectivity index (χ4n) is 1.99. The quantitative estimate of drug-likeness (QED) is 0.766. The summed E-state index contributed by atoms with van der Waals surface area (Å²) in [6, 6.07) is 3.99. The van der Waals surface area contributed by atoms with Gasteiger partial charge < -0.3 is 20.7 Å². The van der Waals surface area contributed by atoms with E-state index in [-0.39, 0.29) is 6.17 Å². The van der Waals surface area contributed by atoms with E-state index < -0.39 is 0 Å².